The Bertz CT molecular complexity index is 802. The van der Waals surface area contributed by atoms with Gasteiger partial charge in [-0.15, -0.1) is 0 Å². The predicted molar refractivity (Wildman–Crippen MR) is 109 cm³/mol. The van der Waals surface area contributed by atoms with E-state index in [-0.39, 0.29) is 47.7 Å². The van der Waals surface area contributed by atoms with Gasteiger partial charge in [-0.1, -0.05) is 11.6 Å². The molecule has 0 aromatic heterocycles. The van der Waals surface area contributed by atoms with E-state index in [1.54, 1.807) is 6.07 Å². The van der Waals surface area contributed by atoms with Crippen LogP contribution < -0.4 is 10.1 Å². The van der Waals surface area contributed by atoms with Gasteiger partial charge in [0.1, 0.15) is 18.2 Å². The van der Waals surface area contributed by atoms with Crippen LogP contribution in [-0.4, -0.2) is 72.8 Å². The molecule has 0 aliphatic carbocycles. The number of fused-ring (bicyclic) bond motifs is 1. The Morgan fingerprint density at radius 1 is 1.27 bits per heavy atom. The standard InChI is InChI=1S/C21H27ClFN3O4/c1-13(30-18-3-2-15(23)10-16(18)22)14-4-7-25(8-5-14)21(28)26-9-6-19-17(11-26)24-20(27)12-29-19/h2-3,10,13-14,17,19H,4-9,11-12H2,1H3,(H,24,27). The molecule has 0 radical (unpaired) electrons. The molecule has 30 heavy (non-hydrogen) atoms. The number of urea groups is 1. The van der Waals surface area contributed by atoms with Crippen LogP contribution in [0.15, 0.2) is 18.2 Å². The second-order valence-corrected chi connectivity index (χ2v) is 8.67. The van der Waals surface area contributed by atoms with Crippen molar-refractivity contribution in [1.82, 2.24) is 15.1 Å². The molecule has 3 aliphatic heterocycles. The van der Waals surface area contributed by atoms with Crippen molar-refractivity contribution in [2.24, 2.45) is 5.92 Å². The molecule has 1 aromatic carbocycles. The minimum Gasteiger partial charge on any atom is -0.489 e. The normalized spacial score (nSPS) is 26.0. The quantitative estimate of drug-likeness (QED) is 0.786. The lowest BCUT2D eigenvalue weighted by Gasteiger charge is -2.43. The van der Waals surface area contributed by atoms with Crippen LogP contribution >= 0.6 is 11.6 Å². The van der Waals surface area contributed by atoms with Crippen LogP contribution in [0, 0.1) is 11.7 Å². The van der Waals surface area contributed by atoms with Crippen molar-refractivity contribution in [2.75, 3.05) is 32.8 Å². The third kappa shape index (κ3) is 4.64. The molecule has 3 fully saturated rings. The molecule has 1 N–H and O–H groups in total. The number of ether oxygens (including phenoxy) is 2. The molecule has 3 aliphatic rings. The van der Waals surface area contributed by atoms with Gasteiger partial charge >= 0.3 is 6.03 Å². The number of nitrogens with zero attached hydrogens (tertiary/aromatic N) is 2. The summed E-state index contributed by atoms with van der Waals surface area (Å²) in [6.07, 6.45) is 2.29. The van der Waals surface area contributed by atoms with Gasteiger partial charge < -0.3 is 24.6 Å². The van der Waals surface area contributed by atoms with Crippen LogP contribution in [0.2, 0.25) is 5.02 Å². The predicted octanol–water partition coefficient (Wildman–Crippen LogP) is 2.67. The van der Waals surface area contributed by atoms with Crippen molar-refractivity contribution >= 4 is 23.5 Å². The van der Waals surface area contributed by atoms with Gasteiger partial charge in [-0.3, -0.25) is 4.79 Å². The molecule has 164 valence electrons. The van der Waals surface area contributed by atoms with Crippen LogP contribution in [0.3, 0.4) is 0 Å². The number of rotatable bonds is 3. The van der Waals surface area contributed by atoms with Gasteiger partial charge in [0.05, 0.1) is 23.3 Å². The van der Waals surface area contributed by atoms with E-state index in [9.17, 15) is 14.0 Å². The fraction of sp³-hybridized carbons (Fsp3) is 0.619. The summed E-state index contributed by atoms with van der Waals surface area (Å²) in [5.74, 6) is 0.243. The SMILES string of the molecule is CC(Oc1ccc(F)cc1Cl)C1CCN(C(=O)N2CCC3OCC(=O)NC3C2)CC1. The highest BCUT2D eigenvalue weighted by atomic mass is 35.5. The number of carbonyl (C=O) groups is 2. The van der Waals surface area contributed by atoms with Gasteiger partial charge in [-0.25, -0.2) is 9.18 Å². The smallest absolute Gasteiger partial charge is 0.320 e. The maximum atomic E-state index is 13.2. The summed E-state index contributed by atoms with van der Waals surface area (Å²) < 4.78 is 24.7. The van der Waals surface area contributed by atoms with Gasteiger partial charge in [-0.2, -0.15) is 0 Å². The van der Waals surface area contributed by atoms with E-state index in [4.69, 9.17) is 21.1 Å². The third-order valence-electron chi connectivity index (χ3n) is 6.28. The summed E-state index contributed by atoms with van der Waals surface area (Å²) in [6.45, 7) is 4.52. The topological polar surface area (TPSA) is 71.1 Å². The van der Waals surface area contributed by atoms with Gasteiger partial charge in [0.2, 0.25) is 5.91 Å². The molecular formula is C21H27ClFN3O4. The lowest BCUT2D eigenvalue weighted by atomic mass is 9.92. The highest BCUT2D eigenvalue weighted by Crippen LogP contribution is 2.30. The number of amides is 3. The van der Waals surface area contributed by atoms with E-state index >= 15 is 0 Å². The molecule has 0 spiro atoms. The highest BCUT2D eigenvalue weighted by molar-refractivity contribution is 6.32. The van der Waals surface area contributed by atoms with E-state index in [2.05, 4.69) is 5.32 Å². The molecular weight excluding hydrogens is 413 g/mol. The van der Waals surface area contributed by atoms with Crippen molar-refractivity contribution in [3.05, 3.63) is 29.0 Å². The van der Waals surface area contributed by atoms with Gasteiger partial charge in [-0.05, 0) is 50.3 Å². The summed E-state index contributed by atoms with van der Waals surface area (Å²) in [7, 11) is 0. The largest absolute Gasteiger partial charge is 0.489 e. The molecule has 7 nitrogen and oxygen atoms in total. The number of hydrogen-bond donors (Lipinski definition) is 1. The number of benzene rings is 1. The Hall–Kier alpha value is -2.06. The van der Waals surface area contributed by atoms with E-state index < -0.39 is 5.82 Å². The Labute approximate surface area is 180 Å². The number of likely N-dealkylation sites (tertiary alicyclic amines) is 2. The van der Waals surface area contributed by atoms with Crippen molar-refractivity contribution in [2.45, 2.75) is 44.4 Å². The fourth-order valence-electron chi connectivity index (χ4n) is 4.50. The van der Waals surface area contributed by atoms with Crippen LogP contribution in [0.1, 0.15) is 26.2 Å². The molecule has 4 rings (SSSR count). The average molecular weight is 440 g/mol. The molecule has 1 aromatic rings. The van der Waals surface area contributed by atoms with Gasteiger partial charge in [0.25, 0.3) is 0 Å². The summed E-state index contributed by atoms with van der Waals surface area (Å²) in [5.41, 5.74) is 0. The molecule has 3 amide bonds. The number of carbonyl (C=O) groups excluding carboxylic acids is 2. The molecule has 3 unspecified atom stereocenters. The maximum absolute atomic E-state index is 13.2. The number of morpholine rings is 1. The minimum atomic E-state index is -0.393. The second kappa shape index (κ2) is 8.98. The number of hydrogen-bond acceptors (Lipinski definition) is 4. The lowest BCUT2D eigenvalue weighted by molar-refractivity contribution is -0.139. The molecule has 3 atom stereocenters. The number of nitrogens with one attached hydrogen (secondary N) is 1. The van der Waals surface area contributed by atoms with Crippen LogP contribution in [0.4, 0.5) is 9.18 Å². The Morgan fingerprint density at radius 3 is 2.73 bits per heavy atom. The minimum absolute atomic E-state index is 0.00577. The second-order valence-electron chi connectivity index (χ2n) is 8.26. The van der Waals surface area contributed by atoms with Crippen molar-refractivity contribution in [1.29, 1.82) is 0 Å². The van der Waals surface area contributed by atoms with E-state index in [1.807, 2.05) is 16.7 Å². The van der Waals surface area contributed by atoms with Crippen molar-refractivity contribution in [3.63, 3.8) is 0 Å². The molecule has 9 heteroatoms. The van der Waals surface area contributed by atoms with Crippen LogP contribution in [0.25, 0.3) is 0 Å². The summed E-state index contributed by atoms with van der Waals surface area (Å²) in [6, 6.07) is 4.01. The van der Waals surface area contributed by atoms with Gasteiger partial charge in [0.15, 0.2) is 0 Å². The van der Waals surface area contributed by atoms with Crippen molar-refractivity contribution in [3.8, 4) is 5.75 Å². The summed E-state index contributed by atoms with van der Waals surface area (Å²) in [4.78, 5) is 28.2. The lowest BCUT2D eigenvalue weighted by Crippen LogP contribution is -2.62. The number of piperidine rings is 2. The first-order valence-corrected chi connectivity index (χ1v) is 10.8. The Balaban J connectivity index is 1.27. The summed E-state index contributed by atoms with van der Waals surface area (Å²) >= 11 is 6.06. The molecule has 0 bridgehead atoms. The third-order valence-corrected chi connectivity index (χ3v) is 6.57. The number of halogens is 2. The van der Waals surface area contributed by atoms with Gasteiger partial charge in [0, 0.05) is 26.2 Å². The first-order valence-electron chi connectivity index (χ1n) is 10.5. The average Bonchev–Trinajstić information content (AvgIpc) is 2.74. The van der Waals surface area contributed by atoms with Crippen LogP contribution in [-0.2, 0) is 9.53 Å². The van der Waals surface area contributed by atoms with Crippen molar-refractivity contribution < 1.29 is 23.5 Å². The van der Waals surface area contributed by atoms with Crippen LogP contribution in [0.5, 0.6) is 5.75 Å². The zero-order valence-electron chi connectivity index (χ0n) is 17.0. The Kier molecular flexibility index (Phi) is 6.34. The molecule has 3 heterocycles. The molecule has 0 saturated carbocycles. The first kappa shape index (κ1) is 21.2. The monoisotopic (exact) mass is 439 g/mol. The van der Waals surface area contributed by atoms with E-state index in [0.29, 0.717) is 31.9 Å². The Morgan fingerprint density at radius 2 is 2.00 bits per heavy atom. The zero-order valence-corrected chi connectivity index (χ0v) is 17.7. The first-order chi connectivity index (χ1) is 14.4. The van der Waals surface area contributed by atoms with E-state index in [1.165, 1.54) is 12.1 Å². The highest BCUT2D eigenvalue weighted by Gasteiger charge is 2.38. The maximum Gasteiger partial charge on any atom is 0.320 e. The fourth-order valence-corrected chi connectivity index (χ4v) is 4.71. The van der Waals surface area contributed by atoms with E-state index in [0.717, 1.165) is 19.3 Å². The summed E-state index contributed by atoms with van der Waals surface area (Å²) in [5, 5.41) is 3.19. The zero-order chi connectivity index (χ0) is 21.3. The molecule has 3 saturated heterocycles.